The van der Waals surface area contributed by atoms with Crippen molar-refractivity contribution in [1.29, 1.82) is 0 Å². The van der Waals surface area contributed by atoms with Crippen LogP contribution in [0.4, 0.5) is 0 Å². The molecule has 9 heteroatoms. The van der Waals surface area contributed by atoms with Crippen LogP contribution in [0.15, 0.2) is 23.2 Å². The number of nitrogens with zero attached hydrogens (tertiary/aromatic N) is 3. The molecule has 1 aliphatic rings. The highest BCUT2D eigenvalue weighted by Crippen LogP contribution is 2.31. The number of methoxy groups -OCH3 is 2. The van der Waals surface area contributed by atoms with Crippen molar-refractivity contribution in [1.82, 2.24) is 15.1 Å². The van der Waals surface area contributed by atoms with Crippen LogP contribution in [0.1, 0.15) is 31.4 Å². The number of rotatable bonds is 8. The molecule has 1 aliphatic heterocycles. The highest BCUT2D eigenvalue weighted by molar-refractivity contribution is 14.0. The fourth-order valence-corrected chi connectivity index (χ4v) is 3.80. The van der Waals surface area contributed by atoms with Gasteiger partial charge in [-0.2, -0.15) is 0 Å². The van der Waals surface area contributed by atoms with Crippen LogP contribution in [0.3, 0.4) is 0 Å². The number of esters is 1. The van der Waals surface area contributed by atoms with Crippen molar-refractivity contribution in [3.63, 3.8) is 0 Å². The molecule has 2 atom stereocenters. The van der Waals surface area contributed by atoms with Crippen LogP contribution < -0.4 is 14.8 Å². The van der Waals surface area contributed by atoms with E-state index in [1.54, 1.807) is 21.3 Å². The second kappa shape index (κ2) is 13.6. The molecule has 2 rings (SSSR count). The van der Waals surface area contributed by atoms with E-state index in [0.29, 0.717) is 31.2 Å². The van der Waals surface area contributed by atoms with Crippen molar-refractivity contribution >= 4 is 35.9 Å². The van der Waals surface area contributed by atoms with Gasteiger partial charge < -0.3 is 29.3 Å². The molecule has 0 amide bonds. The van der Waals surface area contributed by atoms with Crippen LogP contribution in [-0.4, -0.2) is 83.3 Å². The second-order valence-electron chi connectivity index (χ2n) is 7.56. The second-order valence-corrected chi connectivity index (χ2v) is 7.56. The van der Waals surface area contributed by atoms with Gasteiger partial charge in [0.2, 0.25) is 0 Å². The largest absolute Gasteiger partial charge is 0.493 e. The molecule has 1 N–H and O–H groups in total. The zero-order valence-corrected chi connectivity index (χ0v) is 21.8. The highest BCUT2D eigenvalue weighted by Gasteiger charge is 2.29. The smallest absolute Gasteiger partial charge is 0.310 e. The number of piperidine rings is 1. The van der Waals surface area contributed by atoms with Gasteiger partial charge in [0.25, 0.3) is 0 Å². The highest BCUT2D eigenvalue weighted by atomic mass is 127. The van der Waals surface area contributed by atoms with E-state index in [-0.39, 0.29) is 41.9 Å². The molecule has 0 radical (unpaired) electrons. The summed E-state index contributed by atoms with van der Waals surface area (Å²) < 4.78 is 16.0. The number of carbonyl (C=O) groups is 1. The van der Waals surface area contributed by atoms with Gasteiger partial charge in [0.05, 0.1) is 32.8 Å². The van der Waals surface area contributed by atoms with E-state index in [4.69, 9.17) is 14.2 Å². The lowest BCUT2D eigenvalue weighted by molar-refractivity contribution is -0.149. The minimum Gasteiger partial charge on any atom is -0.493 e. The van der Waals surface area contributed by atoms with Crippen molar-refractivity contribution < 1.29 is 19.0 Å². The molecule has 0 spiro atoms. The molecule has 0 aliphatic carbocycles. The monoisotopic (exact) mass is 548 g/mol. The Hall–Kier alpha value is -1.75. The Kier molecular flexibility index (Phi) is 12.0. The van der Waals surface area contributed by atoms with Crippen molar-refractivity contribution in [2.45, 2.75) is 25.8 Å². The third kappa shape index (κ3) is 7.41. The summed E-state index contributed by atoms with van der Waals surface area (Å²) in [6, 6.07) is 6.08. The van der Waals surface area contributed by atoms with Crippen molar-refractivity contribution in [2.24, 2.45) is 10.9 Å². The molecule has 31 heavy (non-hydrogen) atoms. The molecule has 176 valence electrons. The number of aliphatic imine (C=N–C) groups is 1. The predicted octanol–water partition coefficient (Wildman–Crippen LogP) is 2.78. The molecule has 0 aromatic heterocycles. The number of hydrogen-bond acceptors (Lipinski definition) is 6. The molecule has 0 bridgehead atoms. The standard InChI is InChI=1S/C22H36N4O4.HI/c1-7-30-21(27)17-9-8-12-26(15-17)22(23-2)24-14-18(25(3)4)16-10-11-19(28-5)20(13-16)29-6;/h10-11,13,17-18H,7-9,12,14-15H2,1-6H3,(H,23,24);1H. The van der Waals surface area contributed by atoms with E-state index in [0.717, 1.165) is 30.9 Å². The maximum atomic E-state index is 12.2. The fourth-order valence-electron chi connectivity index (χ4n) is 3.80. The Morgan fingerprint density at radius 3 is 2.58 bits per heavy atom. The molecule has 0 saturated carbocycles. The lowest BCUT2D eigenvalue weighted by Crippen LogP contribution is -2.49. The Labute approximate surface area is 203 Å². The van der Waals surface area contributed by atoms with Gasteiger partial charge in [-0.05, 0) is 51.6 Å². The van der Waals surface area contributed by atoms with Crippen molar-refractivity contribution in [3.8, 4) is 11.5 Å². The minimum absolute atomic E-state index is 0. The number of carbonyl (C=O) groups excluding carboxylic acids is 1. The van der Waals surface area contributed by atoms with Gasteiger partial charge in [-0.1, -0.05) is 6.07 Å². The van der Waals surface area contributed by atoms with Crippen LogP contribution in [0.25, 0.3) is 0 Å². The lowest BCUT2D eigenvalue weighted by Gasteiger charge is -2.35. The number of halogens is 1. The molecule has 1 saturated heterocycles. The van der Waals surface area contributed by atoms with Crippen LogP contribution in [-0.2, 0) is 9.53 Å². The van der Waals surface area contributed by atoms with Gasteiger partial charge >= 0.3 is 5.97 Å². The van der Waals surface area contributed by atoms with Crippen LogP contribution in [0.5, 0.6) is 11.5 Å². The average Bonchev–Trinajstić information content (AvgIpc) is 2.76. The van der Waals surface area contributed by atoms with Gasteiger partial charge in [-0.25, -0.2) is 0 Å². The Bertz CT molecular complexity index is 729. The summed E-state index contributed by atoms with van der Waals surface area (Å²) in [6.45, 7) is 4.42. The first-order chi connectivity index (χ1) is 14.4. The number of likely N-dealkylation sites (tertiary alicyclic amines) is 1. The summed E-state index contributed by atoms with van der Waals surface area (Å²) in [5.41, 5.74) is 1.11. The molecular weight excluding hydrogens is 511 g/mol. The molecule has 2 unspecified atom stereocenters. The predicted molar refractivity (Wildman–Crippen MR) is 134 cm³/mol. The zero-order valence-electron chi connectivity index (χ0n) is 19.5. The molecule has 1 aromatic rings. The van der Waals surface area contributed by atoms with E-state index in [9.17, 15) is 4.79 Å². The van der Waals surface area contributed by atoms with Gasteiger partial charge in [-0.3, -0.25) is 9.79 Å². The first-order valence-electron chi connectivity index (χ1n) is 10.5. The van der Waals surface area contributed by atoms with Crippen LogP contribution >= 0.6 is 24.0 Å². The number of benzene rings is 1. The normalized spacial score (nSPS) is 17.6. The van der Waals surface area contributed by atoms with Crippen LogP contribution in [0.2, 0.25) is 0 Å². The maximum absolute atomic E-state index is 12.2. The van der Waals surface area contributed by atoms with E-state index < -0.39 is 0 Å². The number of hydrogen-bond donors (Lipinski definition) is 1. The third-order valence-electron chi connectivity index (χ3n) is 5.42. The van der Waals surface area contributed by atoms with Crippen molar-refractivity contribution in [2.75, 3.05) is 61.6 Å². The molecule has 8 nitrogen and oxygen atoms in total. The van der Waals surface area contributed by atoms with E-state index >= 15 is 0 Å². The summed E-state index contributed by atoms with van der Waals surface area (Å²) in [5, 5.41) is 3.49. The SMILES string of the molecule is CCOC(=O)C1CCCN(C(=NC)NCC(c2ccc(OC)c(OC)c2)N(C)C)C1.I. The fraction of sp³-hybridized carbons (Fsp3) is 0.636. The molecule has 1 heterocycles. The topological polar surface area (TPSA) is 75.6 Å². The Balaban J connectivity index is 0.00000480. The number of nitrogens with one attached hydrogen (secondary N) is 1. The average molecular weight is 548 g/mol. The first kappa shape index (κ1) is 27.3. The van der Waals surface area contributed by atoms with Gasteiger partial charge in [0, 0.05) is 26.7 Å². The number of likely N-dealkylation sites (N-methyl/N-ethyl adjacent to an activating group) is 1. The number of ether oxygens (including phenoxy) is 3. The quantitative estimate of drug-likeness (QED) is 0.232. The summed E-state index contributed by atoms with van der Waals surface area (Å²) in [4.78, 5) is 20.9. The number of guanidine groups is 1. The minimum atomic E-state index is -0.117. The zero-order chi connectivity index (χ0) is 22.1. The first-order valence-corrected chi connectivity index (χ1v) is 10.5. The van der Waals surface area contributed by atoms with Gasteiger partial charge in [0.15, 0.2) is 17.5 Å². The van der Waals surface area contributed by atoms with Gasteiger partial charge in [-0.15, -0.1) is 24.0 Å². The summed E-state index contributed by atoms with van der Waals surface area (Å²) in [5.74, 6) is 2.00. The van der Waals surface area contributed by atoms with E-state index in [1.807, 2.05) is 39.2 Å². The molecule has 1 fully saturated rings. The summed E-state index contributed by atoms with van der Waals surface area (Å²) in [7, 11) is 9.14. The molecular formula is C22H37IN4O4. The summed E-state index contributed by atoms with van der Waals surface area (Å²) in [6.07, 6.45) is 1.80. The van der Waals surface area contributed by atoms with Crippen molar-refractivity contribution in [3.05, 3.63) is 23.8 Å². The maximum Gasteiger partial charge on any atom is 0.310 e. The van der Waals surface area contributed by atoms with Crippen LogP contribution in [0, 0.1) is 5.92 Å². The third-order valence-corrected chi connectivity index (χ3v) is 5.42. The lowest BCUT2D eigenvalue weighted by atomic mass is 9.98. The Morgan fingerprint density at radius 2 is 2.00 bits per heavy atom. The van der Waals surface area contributed by atoms with E-state index in [1.165, 1.54) is 0 Å². The van der Waals surface area contributed by atoms with E-state index in [2.05, 4.69) is 20.1 Å². The summed E-state index contributed by atoms with van der Waals surface area (Å²) >= 11 is 0. The van der Waals surface area contributed by atoms with Gasteiger partial charge in [0.1, 0.15) is 0 Å². The molecule has 1 aromatic carbocycles. The Morgan fingerprint density at radius 1 is 1.29 bits per heavy atom.